The van der Waals surface area contributed by atoms with E-state index in [-0.39, 0.29) is 54.5 Å². The number of benzene rings is 2. The Morgan fingerprint density at radius 3 is 2.18 bits per heavy atom. The summed E-state index contributed by atoms with van der Waals surface area (Å²) in [6.45, 7) is 9.16. The van der Waals surface area contributed by atoms with Crippen LogP contribution in [-0.4, -0.2) is 53.7 Å². The molecule has 2 fully saturated rings. The third kappa shape index (κ3) is 9.72. The van der Waals surface area contributed by atoms with Gasteiger partial charge in [0, 0.05) is 29.9 Å². The van der Waals surface area contributed by atoms with Crippen LogP contribution < -0.4 is 15.6 Å². The first-order chi connectivity index (χ1) is 26.2. The third-order valence-electron chi connectivity index (χ3n) is 10.0. The van der Waals surface area contributed by atoms with Crippen LogP contribution in [0.4, 0.5) is 35.1 Å². The van der Waals surface area contributed by atoms with Gasteiger partial charge in [-0.15, -0.1) is 0 Å². The maximum Gasteiger partial charge on any atom is 0.419 e. The van der Waals surface area contributed by atoms with E-state index in [1.165, 1.54) is 26.8 Å². The van der Waals surface area contributed by atoms with Gasteiger partial charge in [-0.1, -0.05) is 19.9 Å². The number of aromatic nitrogens is 1. The molecule has 1 aromatic heterocycles. The van der Waals surface area contributed by atoms with Crippen molar-refractivity contribution in [3.05, 3.63) is 85.8 Å². The minimum Gasteiger partial charge on any atom is -0.490 e. The molecule has 306 valence electrons. The lowest BCUT2D eigenvalue weighted by molar-refractivity contribution is -0.144. The quantitative estimate of drug-likeness (QED) is 0.122. The van der Waals surface area contributed by atoms with Gasteiger partial charge in [0.25, 0.3) is 5.56 Å². The Morgan fingerprint density at radius 2 is 1.62 bits per heavy atom. The molecule has 2 heterocycles. The highest BCUT2D eigenvalue weighted by Gasteiger charge is 2.41. The van der Waals surface area contributed by atoms with Crippen LogP contribution in [-0.2, 0) is 33.1 Å². The van der Waals surface area contributed by atoms with Crippen LogP contribution in [0.1, 0.15) is 98.3 Å². The summed E-state index contributed by atoms with van der Waals surface area (Å²) in [7, 11) is 0. The SMILES string of the molecule is CCOC(=O)C[C@H](NC(=O)C(CC(C)C)n1cc(CCN2CCC2)c(C(F)(F)F)cc1=O)c1c(F)c(-c2c(C)ccc(OC3CC3)c2C)cc(C(F)(F)F)c1F. The van der Waals surface area contributed by atoms with E-state index in [1.807, 2.05) is 4.90 Å². The number of rotatable bonds is 15. The number of esters is 1. The van der Waals surface area contributed by atoms with Crippen molar-refractivity contribution in [2.75, 3.05) is 26.2 Å². The summed E-state index contributed by atoms with van der Waals surface area (Å²) in [5.74, 6) is -5.99. The molecule has 1 aliphatic heterocycles. The number of halogens is 8. The molecular formula is C40H45F8N3O5. The summed E-state index contributed by atoms with van der Waals surface area (Å²) < 4.78 is 131. The predicted molar refractivity (Wildman–Crippen MR) is 191 cm³/mol. The number of nitrogens with one attached hydrogen (secondary N) is 1. The average Bonchev–Trinajstić information content (AvgIpc) is 3.89. The molecule has 56 heavy (non-hydrogen) atoms. The molecule has 1 saturated carbocycles. The van der Waals surface area contributed by atoms with Gasteiger partial charge in [-0.05, 0) is 106 Å². The van der Waals surface area contributed by atoms with E-state index >= 15 is 8.78 Å². The molecule has 1 N–H and O–H groups in total. The lowest BCUT2D eigenvalue weighted by Crippen LogP contribution is -2.41. The number of nitrogens with zero attached hydrogens (tertiary/aromatic N) is 2. The van der Waals surface area contributed by atoms with Crippen LogP contribution in [0, 0.1) is 31.4 Å². The lowest BCUT2D eigenvalue weighted by Gasteiger charge is -2.31. The summed E-state index contributed by atoms with van der Waals surface area (Å²) in [5, 5.41) is 2.30. The zero-order chi connectivity index (χ0) is 41.3. The van der Waals surface area contributed by atoms with E-state index in [0.717, 1.165) is 30.0 Å². The second-order valence-corrected chi connectivity index (χ2v) is 14.8. The van der Waals surface area contributed by atoms with E-state index in [4.69, 9.17) is 9.47 Å². The first-order valence-electron chi connectivity index (χ1n) is 18.6. The number of carbonyl (C=O) groups is 2. The van der Waals surface area contributed by atoms with Gasteiger partial charge in [0.05, 0.1) is 36.3 Å². The molecule has 8 nitrogen and oxygen atoms in total. The average molecular weight is 800 g/mol. The molecule has 5 rings (SSSR count). The Labute approximate surface area is 319 Å². The lowest BCUT2D eigenvalue weighted by atomic mass is 9.88. The van der Waals surface area contributed by atoms with Gasteiger partial charge in [-0.2, -0.15) is 26.3 Å². The van der Waals surface area contributed by atoms with Crippen molar-refractivity contribution >= 4 is 11.9 Å². The number of ether oxygens (including phenoxy) is 2. The Bertz CT molecular complexity index is 2000. The van der Waals surface area contributed by atoms with E-state index < -0.39 is 88.1 Å². The number of amides is 1. The zero-order valence-corrected chi connectivity index (χ0v) is 31.7. The molecule has 1 aliphatic carbocycles. The summed E-state index contributed by atoms with van der Waals surface area (Å²) in [6.07, 6.45) is -8.42. The third-order valence-corrected chi connectivity index (χ3v) is 10.0. The van der Waals surface area contributed by atoms with E-state index in [1.54, 1.807) is 19.9 Å². The van der Waals surface area contributed by atoms with Gasteiger partial charge in [-0.25, -0.2) is 8.78 Å². The molecule has 3 aromatic rings. The summed E-state index contributed by atoms with van der Waals surface area (Å²) in [5.41, 5.74) is -5.91. The van der Waals surface area contributed by atoms with Crippen molar-refractivity contribution in [1.82, 2.24) is 14.8 Å². The van der Waals surface area contributed by atoms with Gasteiger partial charge >= 0.3 is 18.3 Å². The Balaban J connectivity index is 1.66. The second-order valence-electron chi connectivity index (χ2n) is 14.8. The first-order valence-corrected chi connectivity index (χ1v) is 18.6. The van der Waals surface area contributed by atoms with E-state index in [9.17, 15) is 40.7 Å². The van der Waals surface area contributed by atoms with Crippen LogP contribution in [0.2, 0.25) is 0 Å². The van der Waals surface area contributed by atoms with Crippen molar-refractivity contribution in [2.45, 2.75) is 104 Å². The molecule has 0 radical (unpaired) electrons. The first kappa shape index (κ1) is 42.7. The number of hydrogen-bond donors (Lipinski definition) is 1. The largest absolute Gasteiger partial charge is 0.490 e. The molecule has 0 bridgehead atoms. The fourth-order valence-electron chi connectivity index (χ4n) is 6.94. The fraction of sp³-hybridized carbons (Fsp3) is 0.525. The fourth-order valence-corrected chi connectivity index (χ4v) is 6.94. The Hall–Kier alpha value is -4.47. The van der Waals surface area contributed by atoms with Gasteiger partial charge in [-0.3, -0.25) is 14.4 Å². The van der Waals surface area contributed by atoms with Crippen LogP contribution in [0.25, 0.3) is 11.1 Å². The highest BCUT2D eigenvalue weighted by molar-refractivity contribution is 5.82. The van der Waals surface area contributed by atoms with Crippen LogP contribution in [0.3, 0.4) is 0 Å². The number of hydrogen-bond acceptors (Lipinski definition) is 6. The normalized spacial score (nSPS) is 16.0. The van der Waals surface area contributed by atoms with Gasteiger partial charge in [0.15, 0.2) is 0 Å². The van der Waals surface area contributed by atoms with Crippen molar-refractivity contribution in [1.29, 1.82) is 0 Å². The number of likely N-dealkylation sites (tertiary alicyclic amines) is 1. The predicted octanol–water partition coefficient (Wildman–Crippen LogP) is 8.64. The summed E-state index contributed by atoms with van der Waals surface area (Å²) in [6, 6.07) is 0.0983. The van der Waals surface area contributed by atoms with Crippen molar-refractivity contribution in [3.63, 3.8) is 0 Å². The molecule has 2 aliphatic rings. The molecule has 1 unspecified atom stereocenters. The number of alkyl halides is 6. The van der Waals surface area contributed by atoms with E-state index in [2.05, 4.69) is 5.32 Å². The van der Waals surface area contributed by atoms with Crippen LogP contribution in [0.5, 0.6) is 5.75 Å². The van der Waals surface area contributed by atoms with Gasteiger partial charge < -0.3 is 24.3 Å². The highest BCUT2D eigenvalue weighted by Crippen LogP contribution is 2.44. The molecule has 1 saturated heterocycles. The standard InChI is InChI=1S/C40H45F8N3O5/c1-6-55-33(53)19-29(35-36(41)26(17-28(37(35)42)40(46,47)48)34-22(4)8-11-31(23(34)5)56-25-9-10-25)49-38(54)30(16-21(2)3)51-20-24(12-15-50-13-7-14-50)27(18-32(51)52)39(43,44)45/h8,11,17-18,20-21,25,29-30H,6-7,9-10,12-16,19H2,1-5H3,(H,49,54)/t29-,30?/m0/s1. The van der Waals surface area contributed by atoms with Crippen LogP contribution in [0.15, 0.2) is 35.3 Å². The van der Waals surface area contributed by atoms with Crippen molar-refractivity contribution in [3.8, 4) is 16.9 Å². The maximum absolute atomic E-state index is 17.0. The van der Waals surface area contributed by atoms with E-state index in [0.29, 0.717) is 30.8 Å². The Morgan fingerprint density at radius 1 is 0.964 bits per heavy atom. The monoisotopic (exact) mass is 799 g/mol. The topological polar surface area (TPSA) is 89.9 Å². The smallest absolute Gasteiger partial charge is 0.419 e. The molecule has 2 aromatic carbocycles. The minimum absolute atomic E-state index is 0.0200. The number of aryl methyl sites for hydroxylation is 1. The molecule has 1 amide bonds. The number of pyridine rings is 1. The minimum atomic E-state index is -5.37. The zero-order valence-electron chi connectivity index (χ0n) is 31.7. The van der Waals surface area contributed by atoms with Gasteiger partial charge in [0.2, 0.25) is 5.91 Å². The molecular weight excluding hydrogens is 754 g/mol. The van der Waals surface area contributed by atoms with Crippen molar-refractivity contribution in [2.24, 2.45) is 5.92 Å². The summed E-state index contributed by atoms with van der Waals surface area (Å²) in [4.78, 5) is 42.4. The van der Waals surface area contributed by atoms with Gasteiger partial charge in [0.1, 0.15) is 23.4 Å². The number of carbonyl (C=O) groups excluding carboxylic acids is 2. The molecule has 0 spiro atoms. The molecule has 16 heteroatoms. The Kier molecular flexibility index (Phi) is 12.9. The molecule has 2 atom stereocenters. The summed E-state index contributed by atoms with van der Waals surface area (Å²) >= 11 is 0. The van der Waals surface area contributed by atoms with Crippen LogP contribution >= 0.6 is 0 Å². The second kappa shape index (κ2) is 16.9. The van der Waals surface area contributed by atoms with Crippen molar-refractivity contribution < 1.29 is 54.2 Å². The highest BCUT2D eigenvalue weighted by atomic mass is 19.4. The maximum atomic E-state index is 17.0.